The zero-order valence-corrected chi connectivity index (χ0v) is 34.3. The Morgan fingerprint density at radius 3 is 1.58 bits per heavy atom. The Morgan fingerprint density at radius 1 is 0.646 bits per heavy atom. The van der Waals surface area contributed by atoms with Crippen LogP contribution in [0.3, 0.4) is 0 Å². The van der Waals surface area contributed by atoms with Gasteiger partial charge in [-0.15, -0.1) is 11.1 Å². The van der Waals surface area contributed by atoms with Gasteiger partial charge in [-0.1, -0.05) is 111 Å². The first-order valence-electron chi connectivity index (χ1n) is 17.5. The van der Waals surface area contributed by atoms with E-state index in [1.54, 1.807) is 0 Å². The first-order valence-corrected chi connectivity index (χ1v) is 18.7. The van der Waals surface area contributed by atoms with Crippen LogP contribution in [0.15, 0.2) is 96.1 Å². The summed E-state index contributed by atoms with van der Waals surface area (Å²) in [5.74, 6) is 0.518. The molecule has 2 aliphatic rings. The van der Waals surface area contributed by atoms with Crippen LogP contribution in [0.2, 0.25) is 0 Å². The topological polar surface area (TPSA) is 0 Å². The van der Waals surface area contributed by atoms with E-state index in [1.165, 1.54) is 94.2 Å². The summed E-state index contributed by atoms with van der Waals surface area (Å²) in [6.07, 6.45) is 6.74. The van der Waals surface area contributed by atoms with Crippen LogP contribution in [0.25, 0.3) is 11.1 Å². The third-order valence-corrected chi connectivity index (χ3v) is 10.6. The van der Waals surface area contributed by atoms with E-state index in [9.17, 15) is 0 Å². The van der Waals surface area contributed by atoms with Gasteiger partial charge in [0.05, 0.1) is 0 Å². The van der Waals surface area contributed by atoms with Crippen LogP contribution < -0.4 is 0 Å². The van der Waals surface area contributed by atoms with Crippen molar-refractivity contribution in [1.29, 1.82) is 0 Å². The molecule has 1 atom stereocenters. The molecule has 0 bridgehead atoms. The van der Waals surface area contributed by atoms with Gasteiger partial charge in [0, 0.05) is 0 Å². The molecule has 0 aromatic heterocycles. The van der Waals surface area contributed by atoms with E-state index in [2.05, 4.69) is 187 Å². The van der Waals surface area contributed by atoms with Crippen molar-refractivity contribution in [3.05, 3.63) is 153 Å². The second-order valence-corrected chi connectivity index (χ2v) is 18.0. The molecule has 0 nitrogen and oxygen atoms in total. The van der Waals surface area contributed by atoms with Gasteiger partial charge in [0.15, 0.2) is 0 Å². The fraction of sp³-hybridized carbons (Fsp3) is 0.383. The normalized spacial score (nSPS) is 15.3. The first-order chi connectivity index (χ1) is 22.2. The zero-order chi connectivity index (χ0) is 35.6. The van der Waals surface area contributed by atoms with E-state index in [4.69, 9.17) is 0 Å². The van der Waals surface area contributed by atoms with Crippen molar-refractivity contribution < 1.29 is 24.2 Å². The van der Waals surface area contributed by atoms with Crippen LogP contribution >= 0.6 is 0 Å². The Balaban J connectivity index is 0.000000171. The summed E-state index contributed by atoms with van der Waals surface area (Å²) in [6, 6.07) is 32.7. The molecule has 48 heavy (non-hydrogen) atoms. The minimum atomic E-state index is 0.167. The average Bonchev–Trinajstić information content (AvgIpc) is 3.55. The molecule has 0 saturated carbocycles. The van der Waals surface area contributed by atoms with E-state index in [0.29, 0.717) is 11.3 Å². The quantitative estimate of drug-likeness (QED) is 0.160. The van der Waals surface area contributed by atoms with Gasteiger partial charge in [0.1, 0.15) is 0 Å². The van der Waals surface area contributed by atoms with Crippen LogP contribution in [0.1, 0.15) is 121 Å². The maximum absolute atomic E-state index is 3.67. The van der Waals surface area contributed by atoms with E-state index in [0.717, 1.165) is 6.42 Å². The molecule has 6 rings (SSSR count). The van der Waals surface area contributed by atoms with Crippen LogP contribution in [-0.2, 0) is 41.5 Å². The molecule has 4 aromatic rings. The zero-order valence-electron chi connectivity index (χ0n) is 31.9. The van der Waals surface area contributed by atoms with Crippen molar-refractivity contribution in [1.82, 2.24) is 0 Å². The second kappa shape index (κ2) is 14.9. The van der Waals surface area contributed by atoms with Crippen molar-refractivity contribution >= 4 is 3.21 Å². The molecule has 0 radical (unpaired) electrons. The Hall–Kier alpha value is -2.89. The van der Waals surface area contributed by atoms with Crippen LogP contribution in [-0.4, -0.2) is 3.21 Å². The fourth-order valence-corrected chi connectivity index (χ4v) is 7.10. The number of aryl methyl sites for hydroxylation is 2. The predicted molar refractivity (Wildman–Crippen MR) is 206 cm³/mol. The molecular formula is C47H56Zr. The predicted octanol–water partition coefficient (Wildman–Crippen LogP) is 12.4. The van der Waals surface area contributed by atoms with Crippen molar-refractivity contribution in [3.8, 4) is 11.1 Å². The molecule has 1 unspecified atom stereocenters. The van der Waals surface area contributed by atoms with Gasteiger partial charge in [0.2, 0.25) is 0 Å². The molecule has 0 spiro atoms. The molecule has 0 aliphatic heterocycles. The molecule has 0 fully saturated rings. The molecular weight excluding hydrogens is 656 g/mol. The number of allylic oxidation sites excluding steroid dienone is 4. The van der Waals surface area contributed by atoms with Gasteiger partial charge >= 0.3 is 112 Å². The number of hydrogen-bond acceptors (Lipinski definition) is 0. The molecule has 4 aromatic carbocycles. The molecule has 0 saturated heterocycles. The van der Waals surface area contributed by atoms with E-state index >= 15 is 0 Å². The average molecular weight is 712 g/mol. The van der Waals surface area contributed by atoms with Gasteiger partial charge in [0.25, 0.3) is 0 Å². The monoisotopic (exact) mass is 710 g/mol. The third kappa shape index (κ3) is 9.63. The van der Waals surface area contributed by atoms with E-state index < -0.39 is 0 Å². The van der Waals surface area contributed by atoms with Crippen molar-refractivity contribution in [2.24, 2.45) is 11.3 Å². The Labute approximate surface area is 308 Å². The van der Waals surface area contributed by atoms with Crippen molar-refractivity contribution in [2.75, 3.05) is 0 Å². The summed E-state index contributed by atoms with van der Waals surface area (Å²) >= 11 is 1.46. The molecule has 0 amide bonds. The second-order valence-electron chi connectivity index (χ2n) is 16.8. The Morgan fingerprint density at radius 2 is 1.17 bits per heavy atom. The van der Waals surface area contributed by atoms with E-state index in [-0.39, 0.29) is 10.8 Å². The fourth-order valence-electron chi connectivity index (χ4n) is 6.28. The summed E-state index contributed by atoms with van der Waals surface area (Å²) in [6.45, 7) is 28.9. The molecule has 248 valence electrons. The maximum atomic E-state index is 3.67. The molecule has 1 heteroatoms. The minimum absolute atomic E-state index is 0.167. The standard InChI is InChI=1S/C21H25.C15H14.C11H17.Zr/c1-20(2,3)16-7-9-18-14(12-16)11-15-13-17(21(4,5)6)8-10-19(15)18;1-12-3-7-14(8-4-12)11-15-9-5-13(2)6-10-15;1-8-6-9(2)10(7-8)11(3,4)5;/h7-10,12H,11H2,1-6H3;3-10H,1-2H3;7-8H,1-5H3;/q-1;;-1;+2. The molecule has 2 aliphatic carbocycles. The molecule has 0 N–H and O–H groups in total. The van der Waals surface area contributed by atoms with Gasteiger partial charge < -0.3 is 0 Å². The summed E-state index contributed by atoms with van der Waals surface area (Å²) in [4.78, 5) is 0. The SMILES string of the molecule is CC(C)(C)c1[c-]c2c(cc1)-c1ccc(C(C)(C)C)cc1C2.CC1=[C-]C(C)C=C1C(C)(C)C.Cc1ccc([C](=[Zr+2])c2ccc(C)cc2)cc1. The van der Waals surface area contributed by atoms with Crippen molar-refractivity contribution in [2.45, 2.75) is 107 Å². The van der Waals surface area contributed by atoms with Gasteiger partial charge in [-0.25, -0.2) is 5.57 Å². The summed E-state index contributed by atoms with van der Waals surface area (Å²) in [5, 5.41) is 0. The first kappa shape index (κ1) is 37.9. The number of fused-ring (bicyclic) bond motifs is 3. The number of hydrogen-bond donors (Lipinski definition) is 0. The summed E-state index contributed by atoms with van der Waals surface area (Å²) in [7, 11) is 0. The van der Waals surface area contributed by atoms with E-state index in [1.807, 2.05) is 0 Å². The van der Waals surface area contributed by atoms with Crippen LogP contribution in [0.5, 0.6) is 0 Å². The van der Waals surface area contributed by atoms with Crippen LogP contribution in [0, 0.1) is 37.3 Å². The third-order valence-electron chi connectivity index (χ3n) is 9.22. The number of rotatable bonds is 2. The Bertz CT molecular complexity index is 1700. The summed E-state index contributed by atoms with van der Waals surface area (Å²) < 4.78 is 1.42. The van der Waals surface area contributed by atoms with Gasteiger partial charge in [-0.3, -0.25) is 6.08 Å². The summed E-state index contributed by atoms with van der Waals surface area (Å²) in [5.41, 5.74) is 17.1. The number of benzene rings is 4. The van der Waals surface area contributed by atoms with Crippen molar-refractivity contribution in [3.63, 3.8) is 0 Å². The Kier molecular flexibility index (Phi) is 11.8. The van der Waals surface area contributed by atoms with Crippen LogP contribution in [0.4, 0.5) is 0 Å². The van der Waals surface area contributed by atoms with Gasteiger partial charge in [-0.05, 0) is 28.4 Å². The van der Waals surface area contributed by atoms with Gasteiger partial charge in [-0.2, -0.15) is 35.4 Å². The molecule has 0 heterocycles.